The smallest absolute Gasteiger partial charge is 0.314 e. The number of halogens is 2. The number of nitrogens with zero attached hydrogens (tertiary/aromatic N) is 2. The molecule has 0 unspecified atom stereocenters. The van der Waals surface area contributed by atoms with Crippen molar-refractivity contribution in [3.05, 3.63) is 34.9 Å². The monoisotopic (exact) mass is 493 g/mol. The number of likely N-dealkylation sites (tertiary alicyclic amines) is 1. The van der Waals surface area contributed by atoms with Gasteiger partial charge in [-0.3, -0.25) is 4.99 Å². The first-order chi connectivity index (χ1) is 12.1. The number of hydrogen-bond donors (Lipinski definition) is 3. The maximum Gasteiger partial charge on any atom is 0.314 e. The molecule has 2 rings (SSSR count). The van der Waals surface area contributed by atoms with Gasteiger partial charge in [-0.1, -0.05) is 29.8 Å². The molecular weight excluding hydrogens is 465 g/mol. The van der Waals surface area contributed by atoms with Crippen LogP contribution in [0.15, 0.2) is 29.3 Å². The Morgan fingerprint density at radius 2 is 2.04 bits per heavy atom. The summed E-state index contributed by atoms with van der Waals surface area (Å²) in [7, 11) is 0. The molecule has 0 spiro atoms. The minimum Gasteiger partial charge on any atom is -0.357 e. The second kappa shape index (κ2) is 12.2. The third-order valence-electron chi connectivity index (χ3n) is 4.32. The van der Waals surface area contributed by atoms with Crippen molar-refractivity contribution in [3.63, 3.8) is 0 Å². The number of amides is 2. The normalized spacial score (nSPS) is 15.3. The van der Waals surface area contributed by atoms with Crippen molar-refractivity contribution in [3.8, 4) is 0 Å². The van der Waals surface area contributed by atoms with E-state index in [9.17, 15) is 4.79 Å². The van der Waals surface area contributed by atoms with Gasteiger partial charge in [-0.05, 0) is 44.2 Å². The van der Waals surface area contributed by atoms with Gasteiger partial charge in [0.1, 0.15) is 0 Å². The first-order valence-electron chi connectivity index (χ1n) is 8.92. The largest absolute Gasteiger partial charge is 0.357 e. The highest BCUT2D eigenvalue weighted by molar-refractivity contribution is 14.0. The lowest BCUT2D eigenvalue weighted by atomic mass is 10.1. The predicted octanol–water partition coefficient (Wildman–Crippen LogP) is 2.99. The molecule has 8 heteroatoms. The van der Waals surface area contributed by atoms with Crippen LogP contribution in [0.1, 0.15) is 31.7 Å². The van der Waals surface area contributed by atoms with E-state index in [1.807, 2.05) is 18.2 Å². The third-order valence-corrected chi connectivity index (χ3v) is 4.69. The third kappa shape index (κ3) is 7.57. The number of benzene rings is 1. The molecule has 1 aliphatic rings. The molecule has 4 N–H and O–H groups in total. The number of carbonyl (C=O) groups excluding carboxylic acids is 1. The molecule has 0 aliphatic carbocycles. The number of piperidine rings is 1. The van der Waals surface area contributed by atoms with Gasteiger partial charge in [0.05, 0.1) is 0 Å². The minimum absolute atomic E-state index is 0. The van der Waals surface area contributed by atoms with Crippen molar-refractivity contribution in [1.29, 1.82) is 0 Å². The Morgan fingerprint density at radius 3 is 2.65 bits per heavy atom. The van der Waals surface area contributed by atoms with Crippen LogP contribution in [0, 0.1) is 0 Å². The number of rotatable bonds is 6. The summed E-state index contributed by atoms with van der Waals surface area (Å²) in [5, 5.41) is 7.56. The second-order valence-corrected chi connectivity index (χ2v) is 6.61. The summed E-state index contributed by atoms with van der Waals surface area (Å²) in [6.45, 7) is 4.99. The van der Waals surface area contributed by atoms with E-state index in [0.717, 1.165) is 55.3 Å². The van der Waals surface area contributed by atoms with Crippen LogP contribution in [0.2, 0.25) is 5.02 Å². The Hall–Kier alpha value is -1.22. The molecule has 1 aromatic carbocycles. The summed E-state index contributed by atoms with van der Waals surface area (Å²) in [6.07, 6.45) is 3.62. The Morgan fingerprint density at radius 1 is 1.35 bits per heavy atom. The van der Waals surface area contributed by atoms with Gasteiger partial charge in [0.2, 0.25) is 0 Å². The van der Waals surface area contributed by atoms with Gasteiger partial charge < -0.3 is 21.3 Å². The van der Waals surface area contributed by atoms with Crippen molar-refractivity contribution in [2.24, 2.45) is 10.7 Å². The van der Waals surface area contributed by atoms with Crippen LogP contribution in [0.25, 0.3) is 0 Å². The summed E-state index contributed by atoms with van der Waals surface area (Å²) >= 11 is 6.18. The summed E-state index contributed by atoms with van der Waals surface area (Å²) in [5.74, 6) is 0.833. The lowest BCUT2D eigenvalue weighted by molar-refractivity contribution is 0.188. The molecule has 0 aromatic heterocycles. The van der Waals surface area contributed by atoms with E-state index in [0.29, 0.717) is 19.1 Å². The van der Waals surface area contributed by atoms with Crippen molar-refractivity contribution in [2.75, 3.05) is 26.2 Å². The molecule has 2 amide bonds. The van der Waals surface area contributed by atoms with E-state index in [4.69, 9.17) is 17.3 Å². The Bertz CT molecular complexity index is 591. The maximum absolute atomic E-state index is 11.2. The number of hydrogen-bond acceptors (Lipinski definition) is 2. The van der Waals surface area contributed by atoms with E-state index in [-0.39, 0.29) is 30.0 Å². The molecular formula is C18H29ClIN5O. The number of primary amides is 1. The molecule has 146 valence electrons. The Balaban J connectivity index is 0.00000338. The average Bonchev–Trinajstić information content (AvgIpc) is 2.60. The van der Waals surface area contributed by atoms with Crippen LogP contribution in [0.4, 0.5) is 4.79 Å². The highest BCUT2D eigenvalue weighted by Gasteiger charge is 2.21. The molecule has 1 aromatic rings. The summed E-state index contributed by atoms with van der Waals surface area (Å²) < 4.78 is 0. The molecule has 0 atom stereocenters. The zero-order valence-corrected chi connectivity index (χ0v) is 18.3. The molecule has 1 saturated heterocycles. The molecule has 1 aliphatic heterocycles. The van der Waals surface area contributed by atoms with Crippen molar-refractivity contribution in [2.45, 2.75) is 38.6 Å². The number of aryl methyl sites for hydroxylation is 1. The van der Waals surface area contributed by atoms with E-state index >= 15 is 0 Å². The number of nitrogens with one attached hydrogen (secondary N) is 2. The summed E-state index contributed by atoms with van der Waals surface area (Å²) in [6, 6.07) is 7.91. The lowest BCUT2D eigenvalue weighted by Gasteiger charge is -2.32. The molecule has 1 fully saturated rings. The second-order valence-electron chi connectivity index (χ2n) is 6.20. The fraction of sp³-hybridized carbons (Fsp3) is 0.556. The molecule has 26 heavy (non-hydrogen) atoms. The van der Waals surface area contributed by atoms with E-state index in [2.05, 4.69) is 28.6 Å². The van der Waals surface area contributed by atoms with Crippen molar-refractivity contribution >= 4 is 47.6 Å². The number of nitrogens with two attached hydrogens (primary N) is 1. The van der Waals surface area contributed by atoms with Crippen LogP contribution in [-0.2, 0) is 6.42 Å². The molecule has 0 saturated carbocycles. The Labute approximate surface area is 178 Å². The van der Waals surface area contributed by atoms with Gasteiger partial charge in [-0.25, -0.2) is 4.79 Å². The van der Waals surface area contributed by atoms with Gasteiger partial charge in [0, 0.05) is 37.2 Å². The summed E-state index contributed by atoms with van der Waals surface area (Å²) in [5.41, 5.74) is 6.49. The van der Waals surface area contributed by atoms with Crippen LogP contribution in [-0.4, -0.2) is 49.1 Å². The minimum atomic E-state index is -0.335. The first kappa shape index (κ1) is 22.8. The zero-order valence-electron chi connectivity index (χ0n) is 15.2. The topological polar surface area (TPSA) is 82.8 Å². The van der Waals surface area contributed by atoms with E-state index in [1.165, 1.54) is 0 Å². The number of aliphatic imine (C=N–C) groups is 1. The standard InChI is InChI=1S/C18H28ClN5O.HI/c1-2-21-18(23-15-9-12-24(13-10-15)17(20)25)22-11-5-7-14-6-3-4-8-16(14)19;/h3-4,6,8,15H,2,5,7,9-13H2,1H3,(H2,20,25)(H2,21,22,23);1H. The zero-order chi connectivity index (χ0) is 18.1. The van der Waals surface area contributed by atoms with Gasteiger partial charge in [0.25, 0.3) is 0 Å². The first-order valence-corrected chi connectivity index (χ1v) is 9.30. The molecule has 0 radical (unpaired) electrons. The number of carbonyl (C=O) groups is 1. The fourth-order valence-electron chi connectivity index (χ4n) is 2.92. The molecule has 1 heterocycles. The van der Waals surface area contributed by atoms with Crippen LogP contribution >= 0.6 is 35.6 Å². The lowest BCUT2D eigenvalue weighted by Crippen LogP contribution is -2.50. The molecule has 6 nitrogen and oxygen atoms in total. The van der Waals surface area contributed by atoms with E-state index in [1.54, 1.807) is 4.90 Å². The number of urea groups is 1. The fourth-order valence-corrected chi connectivity index (χ4v) is 3.15. The predicted molar refractivity (Wildman–Crippen MR) is 118 cm³/mol. The van der Waals surface area contributed by atoms with Gasteiger partial charge in [-0.15, -0.1) is 24.0 Å². The summed E-state index contributed by atoms with van der Waals surface area (Å²) in [4.78, 5) is 17.5. The highest BCUT2D eigenvalue weighted by atomic mass is 127. The Kier molecular flexibility index (Phi) is 10.7. The number of guanidine groups is 1. The van der Waals surface area contributed by atoms with Gasteiger partial charge in [0.15, 0.2) is 5.96 Å². The van der Waals surface area contributed by atoms with Gasteiger partial charge >= 0.3 is 6.03 Å². The van der Waals surface area contributed by atoms with Crippen LogP contribution < -0.4 is 16.4 Å². The highest BCUT2D eigenvalue weighted by Crippen LogP contribution is 2.16. The van der Waals surface area contributed by atoms with Crippen molar-refractivity contribution in [1.82, 2.24) is 15.5 Å². The van der Waals surface area contributed by atoms with Gasteiger partial charge in [-0.2, -0.15) is 0 Å². The van der Waals surface area contributed by atoms with Crippen molar-refractivity contribution < 1.29 is 4.79 Å². The quantitative estimate of drug-likeness (QED) is 0.247. The SMILES string of the molecule is CCNC(=NCCCc1ccccc1Cl)NC1CCN(C(N)=O)CC1.I. The van der Waals surface area contributed by atoms with Crippen LogP contribution in [0.3, 0.4) is 0 Å². The molecule has 0 bridgehead atoms. The van der Waals surface area contributed by atoms with E-state index < -0.39 is 0 Å². The maximum atomic E-state index is 11.2. The average molecular weight is 494 g/mol. The van der Waals surface area contributed by atoms with Crippen LogP contribution in [0.5, 0.6) is 0 Å².